The summed E-state index contributed by atoms with van der Waals surface area (Å²) in [6.45, 7) is 11.4. The number of rotatable bonds is 12. The number of carboxylic acids is 1. The van der Waals surface area contributed by atoms with Gasteiger partial charge in [-0.25, -0.2) is 0 Å². The van der Waals surface area contributed by atoms with Gasteiger partial charge in [-0.3, -0.25) is 62.3 Å². The fourth-order valence-corrected chi connectivity index (χ4v) is 8.66. The minimum atomic E-state index is -1.77. The molecular formula is C46H88N12O14S2. The molecule has 0 spiro atoms. The molecular weight excluding hydrogens is 1010 g/mol. The molecule has 0 saturated carbocycles. The largest absolute Gasteiger partial charge is 0.481 e. The molecule has 1 rings (SSSR count). The van der Waals surface area contributed by atoms with E-state index in [1.54, 1.807) is 41.5 Å². The quantitative estimate of drug-likeness (QED) is 0.101. The number of carbonyl (C=O) groups is 13. The van der Waals surface area contributed by atoms with E-state index in [4.69, 9.17) is 11.5 Å². The molecule has 74 heavy (non-hydrogen) atoms. The minimum absolute atomic E-state index is 0. The zero-order valence-corrected chi connectivity index (χ0v) is 41.6. The number of nitrogens with two attached hydrogens (primary N) is 2. The highest BCUT2D eigenvalue weighted by atomic mass is 33.1. The maximum absolute atomic E-state index is 13.8. The van der Waals surface area contributed by atoms with E-state index < -0.39 is 151 Å². The third-order valence-corrected chi connectivity index (χ3v) is 12.0. The molecule has 12 amide bonds. The van der Waals surface area contributed by atoms with Crippen LogP contribution in [0.4, 0.5) is 0 Å². The SMILES string of the molecule is C.C.C.C.C.CC(=O)NC1CSSCC(C(N)=O)NC(=O)C(CC(=O)O)NC(=O)CNC(=O)C(CC(C)C)NC(=O)C(C)NC(=O)C(CC(C)C)NC(=O)C(CC(C)C)NC(=O)C(CC(N)=O)NC(=O)CNC1=O. The first-order valence-corrected chi connectivity index (χ1v) is 24.6. The Morgan fingerprint density at radius 1 is 0.541 bits per heavy atom. The van der Waals surface area contributed by atoms with Crippen molar-refractivity contribution >= 4 is 98.4 Å². The molecule has 1 aliphatic rings. The predicted molar refractivity (Wildman–Crippen MR) is 285 cm³/mol. The number of carbonyl (C=O) groups excluding carboxylic acids is 12. The second kappa shape index (κ2) is 38.4. The summed E-state index contributed by atoms with van der Waals surface area (Å²) in [7, 11) is 1.83. The summed E-state index contributed by atoms with van der Waals surface area (Å²) in [6.07, 6.45) is -1.57. The van der Waals surface area contributed by atoms with Crippen LogP contribution in [0, 0.1) is 17.8 Å². The lowest BCUT2D eigenvalue weighted by Crippen LogP contribution is -2.59. The summed E-state index contributed by atoms with van der Waals surface area (Å²) < 4.78 is 0. The Kier molecular flexibility index (Phi) is 39.8. The van der Waals surface area contributed by atoms with Crippen molar-refractivity contribution in [3.05, 3.63) is 0 Å². The summed E-state index contributed by atoms with van der Waals surface area (Å²) in [6, 6.07) is -11.3. The van der Waals surface area contributed by atoms with E-state index in [9.17, 15) is 67.4 Å². The lowest BCUT2D eigenvalue weighted by atomic mass is 9.99. The highest BCUT2D eigenvalue weighted by Crippen LogP contribution is 2.23. The second-order valence-electron chi connectivity index (χ2n) is 17.5. The highest BCUT2D eigenvalue weighted by Gasteiger charge is 2.34. The Labute approximate surface area is 444 Å². The van der Waals surface area contributed by atoms with Gasteiger partial charge in [0, 0.05) is 18.4 Å². The van der Waals surface area contributed by atoms with Crippen LogP contribution in [0.5, 0.6) is 0 Å². The van der Waals surface area contributed by atoms with Gasteiger partial charge in [0.25, 0.3) is 0 Å². The molecule has 26 nitrogen and oxygen atoms in total. The van der Waals surface area contributed by atoms with Crippen LogP contribution in [0.3, 0.4) is 0 Å². The molecule has 0 aromatic heterocycles. The Morgan fingerprint density at radius 2 is 0.919 bits per heavy atom. The number of amides is 12. The molecule has 1 heterocycles. The molecule has 0 aromatic rings. The molecule has 15 N–H and O–H groups in total. The normalized spacial score (nSPS) is 23.7. The van der Waals surface area contributed by atoms with Gasteiger partial charge >= 0.3 is 5.97 Å². The van der Waals surface area contributed by atoms with Gasteiger partial charge in [0.1, 0.15) is 48.3 Å². The van der Waals surface area contributed by atoms with Gasteiger partial charge in [-0.1, -0.05) is 100 Å². The molecule has 1 aliphatic heterocycles. The molecule has 1 saturated heterocycles. The van der Waals surface area contributed by atoms with Crippen LogP contribution in [0.2, 0.25) is 0 Å². The fraction of sp³-hybridized carbons (Fsp3) is 0.717. The van der Waals surface area contributed by atoms with Crippen molar-refractivity contribution in [1.82, 2.24) is 53.2 Å². The standard InChI is InChI=1S/C41H68N12O14S2.5CH4/c1-18(2)9-23-36(62)44-14-32(57)49-27(13-33(58)59)41(67)53-28(34(43)60)16-68-69-17-29(47-22(8)54)37(63)45-15-31(56)48-26(12-30(42)55)40(66)52-25(11-20(5)6)39(65)51-24(10-19(3)4)38(64)46-21(7)35(61)50-23;;;;;/h18-21,23-29H,9-17H2,1-8H3,(H2,42,55)(H2,43,60)(H,44,62)(H,45,63)(H,46,64)(H,47,54)(H,48,56)(H,49,57)(H,50,61)(H,51,65)(H,52,66)(H,53,67)(H,58,59);5*1H4. The van der Waals surface area contributed by atoms with Crippen molar-refractivity contribution in [3.8, 4) is 0 Å². The van der Waals surface area contributed by atoms with E-state index >= 15 is 0 Å². The van der Waals surface area contributed by atoms with E-state index in [0.717, 1.165) is 28.5 Å². The Balaban J connectivity index is -0.00000317. The van der Waals surface area contributed by atoms with Gasteiger partial charge in [-0.15, -0.1) is 0 Å². The van der Waals surface area contributed by atoms with Gasteiger partial charge in [0.05, 0.1) is 25.9 Å². The third-order valence-electron chi connectivity index (χ3n) is 9.61. The molecule has 1 fully saturated rings. The molecule has 428 valence electrons. The van der Waals surface area contributed by atoms with E-state index in [1.165, 1.54) is 6.92 Å². The first-order chi connectivity index (χ1) is 32.1. The molecule has 0 bridgehead atoms. The van der Waals surface area contributed by atoms with Crippen LogP contribution in [-0.2, 0) is 62.3 Å². The number of hydrogen-bond acceptors (Lipinski definition) is 15. The maximum Gasteiger partial charge on any atom is 0.305 e. The fourth-order valence-electron chi connectivity index (χ4n) is 6.32. The van der Waals surface area contributed by atoms with Crippen LogP contribution in [0.1, 0.15) is 125 Å². The molecule has 0 radical (unpaired) electrons. The van der Waals surface area contributed by atoms with Crippen molar-refractivity contribution in [2.24, 2.45) is 29.2 Å². The number of hydrogen-bond donors (Lipinski definition) is 13. The first kappa shape index (κ1) is 76.7. The topological polar surface area (TPSA) is 414 Å². The van der Waals surface area contributed by atoms with Crippen molar-refractivity contribution in [2.75, 3.05) is 24.6 Å². The summed E-state index contributed by atoms with van der Waals surface area (Å²) in [5, 5.41) is 33.5. The number of carboxylic acid groups (broad SMARTS) is 1. The second-order valence-corrected chi connectivity index (χ2v) is 20.1. The average Bonchev–Trinajstić information content (AvgIpc) is 3.22. The average molecular weight is 1100 g/mol. The van der Waals surface area contributed by atoms with E-state index in [-0.39, 0.29) is 85.7 Å². The van der Waals surface area contributed by atoms with Gasteiger partial charge in [-0.2, -0.15) is 0 Å². The third kappa shape index (κ3) is 30.8. The lowest BCUT2D eigenvalue weighted by Gasteiger charge is -2.27. The highest BCUT2D eigenvalue weighted by molar-refractivity contribution is 8.76. The van der Waals surface area contributed by atoms with Crippen molar-refractivity contribution in [1.29, 1.82) is 0 Å². The van der Waals surface area contributed by atoms with Crippen molar-refractivity contribution < 1.29 is 67.4 Å². The molecule has 0 aromatic carbocycles. The van der Waals surface area contributed by atoms with Crippen LogP contribution >= 0.6 is 21.6 Å². The van der Waals surface area contributed by atoms with E-state index in [0.29, 0.717) is 0 Å². The summed E-state index contributed by atoms with van der Waals surface area (Å²) in [5.41, 5.74) is 10.9. The molecule has 0 aliphatic carbocycles. The first-order valence-electron chi connectivity index (χ1n) is 22.1. The smallest absolute Gasteiger partial charge is 0.305 e. The summed E-state index contributed by atoms with van der Waals surface area (Å²) in [5.74, 6) is -13.6. The van der Waals surface area contributed by atoms with Gasteiger partial charge in [0.15, 0.2) is 0 Å². The maximum atomic E-state index is 13.8. The zero-order valence-electron chi connectivity index (χ0n) is 39.9. The Morgan fingerprint density at radius 3 is 1.34 bits per heavy atom. The summed E-state index contributed by atoms with van der Waals surface area (Å²) in [4.78, 5) is 168. The zero-order chi connectivity index (χ0) is 52.7. The van der Waals surface area contributed by atoms with Crippen LogP contribution in [-0.4, -0.2) is 155 Å². The van der Waals surface area contributed by atoms with Crippen LogP contribution in [0.25, 0.3) is 0 Å². The van der Waals surface area contributed by atoms with Gasteiger partial charge < -0.3 is 69.7 Å². The van der Waals surface area contributed by atoms with Crippen molar-refractivity contribution in [2.45, 2.75) is 173 Å². The molecule has 8 unspecified atom stereocenters. The monoisotopic (exact) mass is 1100 g/mol. The Bertz CT molecular complexity index is 1910. The molecule has 8 atom stereocenters. The van der Waals surface area contributed by atoms with Gasteiger partial charge in [0.2, 0.25) is 70.9 Å². The predicted octanol–water partition coefficient (Wildman–Crippen LogP) is -1.31. The van der Waals surface area contributed by atoms with Crippen LogP contribution in [0.15, 0.2) is 0 Å². The minimum Gasteiger partial charge on any atom is -0.481 e. The summed E-state index contributed by atoms with van der Waals surface area (Å²) >= 11 is 0. The van der Waals surface area contributed by atoms with Crippen molar-refractivity contribution in [3.63, 3.8) is 0 Å². The van der Waals surface area contributed by atoms with E-state index in [2.05, 4.69) is 53.2 Å². The Hall–Kier alpha value is -6.19. The van der Waals surface area contributed by atoms with E-state index in [1.807, 2.05) is 0 Å². The number of nitrogens with one attached hydrogen (secondary N) is 10. The molecule has 28 heteroatoms. The lowest BCUT2D eigenvalue weighted by molar-refractivity contribution is -0.141. The van der Waals surface area contributed by atoms with Gasteiger partial charge in [-0.05, 0) is 43.9 Å². The van der Waals surface area contributed by atoms with Crippen LogP contribution < -0.4 is 64.6 Å². The number of aliphatic carboxylic acids is 1. The number of primary amides is 2.